The molecule has 0 spiro atoms. The van der Waals surface area contributed by atoms with Gasteiger partial charge >= 0.3 is 0 Å². The molecule has 0 aromatic carbocycles. The number of amides is 1. The lowest BCUT2D eigenvalue weighted by atomic mass is 9.84. The van der Waals surface area contributed by atoms with Crippen molar-refractivity contribution in [2.24, 2.45) is 5.92 Å². The topological polar surface area (TPSA) is 68.0 Å². The quantitative estimate of drug-likeness (QED) is 0.910. The fourth-order valence-electron chi connectivity index (χ4n) is 3.16. The first-order chi connectivity index (χ1) is 10.2. The molecule has 4 nitrogen and oxygen atoms in total. The second-order valence-electron chi connectivity index (χ2n) is 5.81. The fourth-order valence-corrected chi connectivity index (χ4v) is 4.13. The summed E-state index contributed by atoms with van der Waals surface area (Å²) in [6.45, 7) is 2.23. The fraction of sp³-hybridized carbons (Fsp3) is 0.500. The molecular weight excluding hydrogens is 282 g/mol. The molecule has 2 heterocycles. The Kier molecular flexibility index (Phi) is 4.10. The van der Waals surface area contributed by atoms with Gasteiger partial charge in [-0.15, -0.1) is 11.3 Å². The van der Waals surface area contributed by atoms with Gasteiger partial charge in [-0.3, -0.25) is 4.79 Å². The van der Waals surface area contributed by atoms with Gasteiger partial charge in [-0.25, -0.2) is 4.98 Å². The van der Waals surface area contributed by atoms with E-state index in [0.717, 1.165) is 29.0 Å². The predicted molar refractivity (Wildman–Crippen MR) is 87.5 cm³/mol. The van der Waals surface area contributed by atoms with Crippen LogP contribution in [0.3, 0.4) is 0 Å². The van der Waals surface area contributed by atoms with Gasteiger partial charge < -0.3 is 11.1 Å². The van der Waals surface area contributed by atoms with Crippen LogP contribution < -0.4 is 11.1 Å². The number of hydrogen-bond donors (Lipinski definition) is 2. The summed E-state index contributed by atoms with van der Waals surface area (Å²) in [5.74, 6) is 0.697. The maximum Gasteiger partial charge on any atom is 0.263 e. The van der Waals surface area contributed by atoms with E-state index in [9.17, 15) is 4.79 Å². The van der Waals surface area contributed by atoms with E-state index in [0.29, 0.717) is 10.6 Å². The number of anilines is 1. The lowest BCUT2D eigenvalue weighted by molar-refractivity contribution is 0.0924. The van der Waals surface area contributed by atoms with Crippen LogP contribution in [0.2, 0.25) is 0 Å². The van der Waals surface area contributed by atoms with Crippen molar-refractivity contribution in [3.8, 4) is 0 Å². The Morgan fingerprint density at radius 3 is 3.14 bits per heavy atom. The molecule has 3 N–H and O–H groups in total. The maximum atomic E-state index is 12.5. The Bertz CT molecular complexity index is 652. The summed E-state index contributed by atoms with van der Waals surface area (Å²) < 4.78 is 0. The molecule has 5 heteroatoms. The van der Waals surface area contributed by atoms with Crippen LogP contribution in [0.25, 0.3) is 10.2 Å². The minimum absolute atomic E-state index is 0.0442. The number of nitrogen functional groups attached to an aromatic ring is 1. The standard InChI is InChI=1S/C16H21N3OS/c1-2-10-5-3-6-11(9-10)19-15(20)14-13(17)12-7-4-8-18-16(12)21-14/h4,7-8,10-11H,2-3,5-6,9,17H2,1H3,(H,19,20). The largest absolute Gasteiger partial charge is 0.397 e. The van der Waals surface area contributed by atoms with Gasteiger partial charge in [-0.2, -0.15) is 0 Å². The normalized spacial score (nSPS) is 22.3. The second kappa shape index (κ2) is 6.02. The highest BCUT2D eigenvalue weighted by molar-refractivity contribution is 7.21. The van der Waals surface area contributed by atoms with E-state index in [1.54, 1.807) is 6.20 Å². The van der Waals surface area contributed by atoms with Gasteiger partial charge in [0.1, 0.15) is 9.71 Å². The van der Waals surface area contributed by atoms with E-state index in [1.807, 2.05) is 12.1 Å². The highest BCUT2D eigenvalue weighted by atomic mass is 32.1. The van der Waals surface area contributed by atoms with Gasteiger partial charge in [0.25, 0.3) is 5.91 Å². The van der Waals surface area contributed by atoms with Crippen LogP contribution in [0.15, 0.2) is 18.3 Å². The lowest BCUT2D eigenvalue weighted by Crippen LogP contribution is -2.38. The summed E-state index contributed by atoms with van der Waals surface area (Å²) in [6, 6.07) is 4.05. The van der Waals surface area contributed by atoms with Crippen molar-refractivity contribution in [1.82, 2.24) is 10.3 Å². The number of thiophene rings is 1. The van der Waals surface area contributed by atoms with Gasteiger partial charge in [-0.05, 0) is 30.9 Å². The smallest absolute Gasteiger partial charge is 0.263 e. The van der Waals surface area contributed by atoms with Crippen LogP contribution in [0.1, 0.15) is 48.7 Å². The summed E-state index contributed by atoms with van der Waals surface area (Å²) in [7, 11) is 0. The van der Waals surface area contributed by atoms with Crippen molar-refractivity contribution < 1.29 is 4.79 Å². The number of aromatic nitrogens is 1. The van der Waals surface area contributed by atoms with E-state index in [4.69, 9.17) is 5.73 Å². The minimum Gasteiger partial charge on any atom is -0.397 e. The average Bonchev–Trinajstić information content (AvgIpc) is 2.85. The molecule has 2 aromatic rings. The number of nitrogens with zero attached hydrogens (tertiary/aromatic N) is 1. The first-order valence-electron chi connectivity index (χ1n) is 7.63. The molecule has 21 heavy (non-hydrogen) atoms. The van der Waals surface area contributed by atoms with E-state index in [1.165, 1.54) is 30.6 Å². The Labute approximate surface area is 128 Å². The maximum absolute atomic E-state index is 12.5. The predicted octanol–water partition coefficient (Wildman–Crippen LogP) is 3.58. The third-order valence-electron chi connectivity index (χ3n) is 4.41. The molecule has 0 radical (unpaired) electrons. The number of pyridine rings is 1. The van der Waals surface area contributed by atoms with E-state index in [-0.39, 0.29) is 11.9 Å². The Morgan fingerprint density at radius 1 is 1.52 bits per heavy atom. The summed E-state index contributed by atoms with van der Waals surface area (Å²) >= 11 is 1.38. The molecule has 0 aliphatic heterocycles. The third kappa shape index (κ3) is 2.88. The monoisotopic (exact) mass is 303 g/mol. The van der Waals surface area contributed by atoms with Crippen LogP contribution in [0, 0.1) is 5.92 Å². The van der Waals surface area contributed by atoms with Gasteiger partial charge in [0.05, 0.1) is 5.69 Å². The van der Waals surface area contributed by atoms with Crippen molar-refractivity contribution in [3.05, 3.63) is 23.2 Å². The lowest BCUT2D eigenvalue weighted by Gasteiger charge is -2.29. The molecule has 112 valence electrons. The van der Waals surface area contributed by atoms with E-state index in [2.05, 4.69) is 17.2 Å². The van der Waals surface area contributed by atoms with E-state index >= 15 is 0 Å². The molecule has 0 bridgehead atoms. The zero-order valence-corrected chi connectivity index (χ0v) is 13.1. The average molecular weight is 303 g/mol. The molecule has 0 saturated heterocycles. The summed E-state index contributed by atoms with van der Waals surface area (Å²) in [4.78, 5) is 18.2. The van der Waals surface area contributed by atoms with Gasteiger partial charge in [0, 0.05) is 17.6 Å². The summed E-state index contributed by atoms with van der Waals surface area (Å²) in [6.07, 6.45) is 7.58. The van der Waals surface area contributed by atoms with Crippen molar-refractivity contribution in [3.63, 3.8) is 0 Å². The van der Waals surface area contributed by atoms with Gasteiger partial charge in [-0.1, -0.05) is 26.2 Å². The zero-order chi connectivity index (χ0) is 14.8. The first kappa shape index (κ1) is 14.3. The van der Waals surface area contributed by atoms with E-state index < -0.39 is 0 Å². The number of rotatable bonds is 3. The molecule has 1 saturated carbocycles. The molecule has 1 amide bonds. The van der Waals surface area contributed by atoms with Crippen molar-refractivity contribution >= 4 is 33.1 Å². The van der Waals surface area contributed by atoms with Gasteiger partial charge in [0.2, 0.25) is 0 Å². The molecular formula is C16H21N3OS. The number of carbonyl (C=O) groups excluding carboxylic acids is 1. The van der Waals surface area contributed by atoms with Crippen LogP contribution in [-0.2, 0) is 0 Å². The number of nitrogens with two attached hydrogens (primary N) is 1. The third-order valence-corrected chi connectivity index (χ3v) is 5.53. The van der Waals surface area contributed by atoms with Crippen molar-refractivity contribution in [2.75, 3.05) is 5.73 Å². The number of fused-ring (bicyclic) bond motifs is 1. The first-order valence-corrected chi connectivity index (χ1v) is 8.44. The van der Waals surface area contributed by atoms with Crippen LogP contribution >= 0.6 is 11.3 Å². The van der Waals surface area contributed by atoms with Crippen LogP contribution in [0.4, 0.5) is 5.69 Å². The number of carbonyl (C=O) groups is 1. The Hall–Kier alpha value is -1.62. The molecule has 2 unspecified atom stereocenters. The number of nitrogens with one attached hydrogen (secondary N) is 1. The molecule has 1 aliphatic carbocycles. The molecule has 1 aliphatic rings. The molecule has 1 fully saturated rings. The molecule has 2 aromatic heterocycles. The highest BCUT2D eigenvalue weighted by Crippen LogP contribution is 2.32. The Morgan fingerprint density at radius 2 is 2.38 bits per heavy atom. The zero-order valence-electron chi connectivity index (χ0n) is 12.3. The molecule has 3 rings (SSSR count). The Balaban J connectivity index is 1.76. The van der Waals surface area contributed by atoms with Crippen LogP contribution in [-0.4, -0.2) is 16.9 Å². The number of hydrogen-bond acceptors (Lipinski definition) is 4. The second-order valence-corrected chi connectivity index (χ2v) is 6.81. The summed E-state index contributed by atoms with van der Waals surface area (Å²) in [5, 5.41) is 4.04. The van der Waals surface area contributed by atoms with Gasteiger partial charge in [0.15, 0.2) is 0 Å². The summed E-state index contributed by atoms with van der Waals surface area (Å²) in [5.41, 5.74) is 6.67. The SMILES string of the molecule is CCC1CCCC(NC(=O)c2sc3ncccc3c2N)C1. The minimum atomic E-state index is -0.0442. The highest BCUT2D eigenvalue weighted by Gasteiger charge is 2.24. The molecule has 2 atom stereocenters. The van der Waals surface area contributed by atoms with Crippen molar-refractivity contribution in [2.45, 2.75) is 45.1 Å². The van der Waals surface area contributed by atoms with Crippen molar-refractivity contribution in [1.29, 1.82) is 0 Å². The van der Waals surface area contributed by atoms with Crippen LogP contribution in [0.5, 0.6) is 0 Å².